The summed E-state index contributed by atoms with van der Waals surface area (Å²) in [5, 5.41) is 1.03. The van der Waals surface area contributed by atoms with Gasteiger partial charge < -0.3 is 14.0 Å². The summed E-state index contributed by atoms with van der Waals surface area (Å²) in [7, 11) is 0. The lowest BCUT2D eigenvalue weighted by Crippen LogP contribution is -2.37. The van der Waals surface area contributed by atoms with Gasteiger partial charge in [0.25, 0.3) is 0 Å². The Morgan fingerprint density at radius 3 is 2.75 bits per heavy atom. The van der Waals surface area contributed by atoms with Gasteiger partial charge in [0.05, 0.1) is 42.2 Å². The minimum Gasteiger partial charge on any atom is -0.490 e. The molecule has 1 saturated heterocycles. The van der Waals surface area contributed by atoms with Crippen molar-refractivity contribution in [2.75, 3.05) is 6.54 Å². The Balaban J connectivity index is 1.29. The van der Waals surface area contributed by atoms with Gasteiger partial charge in [-0.05, 0) is 76.9 Å². The van der Waals surface area contributed by atoms with Crippen LogP contribution < -0.4 is 4.74 Å². The second-order valence-electron chi connectivity index (χ2n) is 11.3. The molecule has 5 rings (SSSR count). The normalized spacial score (nSPS) is 18.4. The summed E-state index contributed by atoms with van der Waals surface area (Å²) in [6.45, 7) is 7.84. The van der Waals surface area contributed by atoms with E-state index in [2.05, 4.69) is 36.5 Å². The molecule has 1 amide bonds. The van der Waals surface area contributed by atoms with Crippen LogP contribution in [0.1, 0.15) is 58.6 Å². The van der Waals surface area contributed by atoms with E-state index < -0.39 is 29.7 Å². The van der Waals surface area contributed by atoms with Crippen molar-refractivity contribution in [3.63, 3.8) is 0 Å². The van der Waals surface area contributed by atoms with Crippen LogP contribution >= 0.6 is 15.9 Å². The summed E-state index contributed by atoms with van der Waals surface area (Å²) in [5.74, 6) is -0.0293. The van der Waals surface area contributed by atoms with Gasteiger partial charge in [0.2, 0.25) is 0 Å². The molecule has 0 bridgehead atoms. The topological polar surface area (TPSA) is 69.5 Å². The predicted octanol–water partition coefficient (Wildman–Crippen LogP) is 7.75. The Bertz CT molecular complexity index is 1540. The van der Waals surface area contributed by atoms with E-state index >= 15 is 0 Å². The van der Waals surface area contributed by atoms with Crippen molar-refractivity contribution in [3.8, 4) is 5.75 Å². The Kier molecular flexibility index (Phi) is 7.99. The predicted molar refractivity (Wildman–Crippen MR) is 154 cm³/mol. The first-order chi connectivity index (χ1) is 19.0. The van der Waals surface area contributed by atoms with Crippen LogP contribution in [0.3, 0.4) is 0 Å². The number of pyridine rings is 1. The van der Waals surface area contributed by atoms with Crippen molar-refractivity contribution in [2.45, 2.75) is 77.4 Å². The third-order valence-corrected chi connectivity index (χ3v) is 7.45. The molecule has 0 N–H and O–H groups in total. The first-order valence-electron chi connectivity index (χ1n) is 13.5. The number of aromatic nitrogens is 3. The molecule has 1 fully saturated rings. The molecule has 3 atom stereocenters. The van der Waals surface area contributed by atoms with Crippen molar-refractivity contribution in [1.82, 2.24) is 19.4 Å². The number of amides is 1. The molecule has 40 heavy (non-hydrogen) atoms. The van der Waals surface area contributed by atoms with Crippen molar-refractivity contribution in [3.05, 3.63) is 64.8 Å². The van der Waals surface area contributed by atoms with Crippen LogP contribution in [-0.4, -0.2) is 49.9 Å². The maximum Gasteiger partial charge on any atom is 0.410 e. The molecule has 0 spiro atoms. The third kappa shape index (κ3) is 6.22. The molecule has 0 aliphatic carbocycles. The number of carbonyl (C=O) groups is 1. The van der Waals surface area contributed by atoms with Crippen molar-refractivity contribution < 1.29 is 23.0 Å². The lowest BCUT2D eigenvalue weighted by molar-refractivity contribution is 0.0214. The second kappa shape index (κ2) is 11.3. The average molecular weight is 616 g/mol. The van der Waals surface area contributed by atoms with E-state index in [4.69, 9.17) is 9.47 Å². The number of carbonyl (C=O) groups excluding carboxylic acids is 1. The molecule has 2 aromatic heterocycles. The molecule has 0 radical (unpaired) electrons. The zero-order valence-corrected chi connectivity index (χ0v) is 24.6. The lowest BCUT2D eigenvalue weighted by Gasteiger charge is -2.29. The maximum atomic E-state index is 14.5. The molecule has 1 aliphatic heterocycles. The number of fused-ring (bicyclic) bond motifs is 3. The van der Waals surface area contributed by atoms with Gasteiger partial charge in [-0.15, -0.1) is 0 Å². The van der Waals surface area contributed by atoms with Gasteiger partial charge in [-0.2, -0.15) is 0 Å². The minimum atomic E-state index is -1.23. The van der Waals surface area contributed by atoms with E-state index in [-0.39, 0.29) is 19.1 Å². The number of likely N-dealkylation sites (tertiary alicyclic amines) is 1. The molecular weight excluding hydrogens is 582 g/mol. The van der Waals surface area contributed by atoms with Gasteiger partial charge in [-0.1, -0.05) is 15.9 Å². The first kappa shape index (κ1) is 28.3. The molecule has 4 aromatic rings. The third-order valence-electron chi connectivity index (χ3n) is 6.95. The highest BCUT2D eigenvalue weighted by atomic mass is 79.9. The van der Waals surface area contributed by atoms with E-state index in [1.807, 2.05) is 25.4 Å². The number of imidazole rings is 1. The van der Waals surface area contributed by atoms with E-state index in [0.29, 0.717) is 11.3 Å². The largest absolute Gasteiger partial charge is 0.490 e. The summed E-state index contributed by atoms with van der Waals surface area (Å²) >= 11 is 3.55. The fourth-order valence-corrected chi connectivity index (χ4v) is 5.57. The number of rotatable bonds is 7. The minimum absolute atomic E-state index is 0.0556. The molecule has 3 heterocycles. The lowest BCUT2D eigenvalue weighted by atomic mass is 10.0. The highest BCUT2D eigenvalue weighted by molar-refractivity contribution is 9.10. The number of hydrogen-bond donors (Lipinski definition) is 0. The smallest absolute Gasteiger partial charge is 0.410 e. The van der Waals surface area contributed by atoms with Gasteiger partial charge in [0.15, 0.2) is 0 Å². The number of benzene rings is 2. The van der Waals surface area contributed by atoms with Crippen molar-refractivity contribution >= 4 is 44.0 Å². The summed E-state index contributed by atoms with van der Waals surface area (Å²) in [4.78, 5) is 23.2. The summed E-state index contributed by atoms with van der Waals surface area (Å²) in [5.41, 5.74) is 2.49. The second-order valence-corrected chi connectivity index (χ2v) is 12.2. The van der Waals surface area contributed by atoms with Crippen LogP contribution in [0.5, 0.6) is 5.75 Å². The molecule has 212 valence electrons. The van der Waals surface area contributed by atoms with Gasteiger partial charge in [-0.3, -0.25) is 9.88 Å². The average Bonchev–Trinajstić information content (AvgIpc) is 3.48. The van der Waals surface area contributed by atoms with Gasteiger partial charge in [0.1, 0.15) is 28.9 Å². The molecule has 10 heteroatoms. The monoisotopic (exact) mass is 614 g/mol. The SMILES string of the molecule is C[C@H](CCCn1cnc2cnc3ccc(Br)cc3c21)Oc1ccc(F)cc1[C@H]1C[C@H](F)CN1C(=O)OC(C)(C)C. The van der Waals surface area contributed by atoms with E-state index in [1.54, 1.807) is 33.0 Å². The number of nitrogens with zero attached hydrogens (tertiary/aromatic N) is 4. The highest BCUT2D eigenvalue weighted by Crippen LogP contribution is 2.40. The Labute approximate surface area is 240 Å². The van der Waals surface area contributed by atoms with E-state index in [9.17, 15) is 13.6 Å². The number of halogens is 3. The summed E-state index contributed by atoms with van der Waals surface area (Å²) in [6, 6.07) is 9.53. The van der Waals surface area contributed by atoms with Crippen LogP contribution in [0.4, 0.5) is 13.6 Å². The van der Waals surface area contributed by atoms with E-state index in [1.165, 1.54) is 17.0 Å². The fourth-order valence-electron chi connectivity index (χ4n) is 5.21. The maximum absolute atomic E-state index is 14.5. The highest BCUT2D eigenvalue weighted by Gasteiger charge is 2.40. The number of hydrogen-bond acceptors (Lipinski definition) is 5. The van der Waals surface area contributed by atoms with Gasteiger partial charge in [0, 0.05) is 28.4 Å². The molecule has 1 aliphatic rings. The van der Waals surface area contributed by atoms with Gasteiger partial charge in [-0.25, -0.2) is 18.6 Å². The first-order valence-corrected chi connectivity index (χ1v) is 14.3. The van der Waals surface area contributed by atoms with Gasteiger partial charge >= 0.3 is 6.09 Å². The van der Waals surface area contributed by atoms with Crippen LogP contribution in [-0.2, 0) is 11.3 Å². The van der Waals surface area contributed by atoms with E-state index in [0.717, 1.165) is 45.8 Å². The molecule has 2 aromatic carbocycles. The number of aryl methyl sites for hydroxylation is 1. The van der Waals surface area contributed by atoms with Crippen LogP contribution in [0, 0.1) is 5.82 Å². The number of ether oxygens (including phenoxy) is 2. The zero-order valence-electron chi connectivity index (χ0n) is 23.0. The number of alkyl halides is 1. The van der Waals surface area contributed by atoms with Crippen LogP contribution in [0.15, 0.2) is 53.4 Å². The fraction of sp³-hybridized carbons (Fsp3) is 0.433. The summed E-state index contributed by atoms with van der Waals surface area (Å²) < 4.78 is 43.8. The summed E-state index contributed by atoms with van der Waals surface area (Å²) in [6.07, 6.45) is 3.14. The van der Waals surface area contributed by atoms with Crippen molar-refractivity contribution in [1.29, 1.82) is 0 Å². The molecular formula is C30H33BrF2N4O3. The van der Waals surface area contributed by atoms with Crippen LogP contribution in [0.25, 0.3) is 21.9 Å². The Morgan fingerprint density at radius 1 is 1.18 bits per heavy atom. The zero-order chi connectivity index (χ0) is 28.6. The Morgan fingerprint density at radius 2 is 1.98 bits per heavy atom. The van der Waals surface area contributed by atoms with Crippen molar-refractivity contribution in [2.24, 2.45) is 0 Å². The standard InChI is InChI=1S/C30H33BrF2N4O3/c1-18(6-5-11-36-17-35-25-15-34-24-9-7-19(31)12-22(24)28(25)36)39-27-10-8-20(32)13-23(27)26-14-21(33)16-37(26)29(38)40-30(2,3)4/h7-10,12-13,15,17-18,21,26H,5-6,11,14,16H2,1-4H3/t18-,21+,26-/m1/s1. The molecule has 0 saturated carbocycles. The molecule has 0 unspecified atom stereocenters. The quantitative estimate of drug-likeness (QED) is 0.213. The Hall–Kier alpha value is -3.27. The van der Waals surface area contributed by atoms with Crippen LogP contribution in [0.2, 0.25) is 0 Å². The molecule has 7 nitrogen and oxygen atoms in total.